The maximum atomic E-state index is 12.6. The molecule has 0 bridgehead atoms. The standard InChI is InChI=1S/C12H16BrNO4S/c1-9-8-18-5-4-14(9)19(16,17)12-6-10(7-15)2-3-11(12)13/h2-3,6,9,15H,4-5,7-8H2,1H3. The quantitative estimate of drug-likeness (QED) is 0.894. The molecule has 1 aromatic rings. The van der Waals surface area contributed by atoms with E-state index < -0.39 is 10.0 Å². The first-order valence-electron chi connectivity index (χ1n) is 5.95. The van der Waals surface area contributed by atoms with Crippen LogP contribution in [-0.2, 0) is 21.4 Å². The van der Waals surface area contributed by atoms with Crippen molar-refractivity contribution in [3.63, 3.8) is 0 Å². The van der Waals surface area contributed by atoms with Crippen LogP contribution >= 0.6 is 15.9 Å². The minimum atomic E-state index is -3.58. The summed E-state index contributed by atoms with van der Waals surface area (Å²) in [6.45, 7) is 2.78. The molecule has 106 valence electrons. The Kier molecular flexibility index (Phi) is 4.62. The Morgan fingerprint density at radius 2 is 2.26 bits per heavy atom. The molecule has 1 saturated heterocycles. The van der Waals surface area contributed by atoms with Crippen LogP contribution in [0.2, 0.25) is 0 Å². The average molecular weight is 350 g/mol. The molecule has 0 spiro atoms. The third-order valence-corrected chi connectivity index (χ3v) is 6.08. The monoisotopic (exact) mass is 349 g/mol. The second-order valence-electron chi connectivity index (χ2n) is 4.46. The summed E-state index contributed by atoms with van der Waals surface area (Å²) < 4.78 is 32.5. The molecule has 1 aliphatic heterocycles. The van der Waals surface area contributed by atoms with E-state index in [9.17, 15) is 8.42 Å². The maximum absolute atomic E-state index is 12.6. The van der Waals surface area contributed by atoms with Crippen molar-refractivity contribution >= 4 is 26.0 Å². The van der Waals surface area contributed by atoms with Crippen LogP contribution < -0.4 is 0 Å². The predicted molar refractivity (Wildman–Crippen MR) is 74.2 cm³/mol. The Balaban J connectivity index is 2.43. The lowest BCUT2D eigenvalue weighted by Crippen LogP contribution is -2.47. The summed E-state index contributed by atoms with van der Waals surface area (Å²) in [6.07, 6.45) is 0. The van der Waals surface area contributed by atoms with Gasteiger partial charge in [-0.15, -0.1) is 0 Å². The highest BCUT2D eigenvalue weighted by Gasteiger charge is 2.32. The number of hydrogen-bond acceptors (Lipinski definition) is 4. The highest BCUT2D eigenvalue weighted by molar-refractivity contribution is 9.10. The molecule has 1 unspecified atom stereocenters. The summed E-state index contributed by atoms with van der Waals surface area (Å²) >= 11 is 3.26. The molecule has 0 aromatic heterocycles. The maximum Gasteiger partial charge on any atom is 0.244 e. The SMILES string of the molecule is CC1COCCN1S(=O)(=O)c1cc(CO)ccc1Br. The van der Waals surface area contributed by atoms with E-state index in [2.05, 4.69) is 15.9 Å². The van der Waals surface area contributed by atoms with Gasteiger partial charge in [0, 0.05) is 17.1 Å². The number of aliphatic hydroxyl groups is 1. The van der Waals surface area contributed by atoms with Crippen molar-refractivity contribution in [2.75, 3.05) is 19.8 Å². The van der Waals surface area contributed by atoms with Crippen molar-refractivity contribution in [3.8, 4) is 0 Å². The number of rotatable bonds is 3. The van der Waals surface area contributed by atoms with Crippen LogP contribution in [0.3, 0.4) is 0 Å². The van der Waals surface area contributed by atoms with Gasteiger partial charge in [-0.1, -0.05) is 6.07 Å². The zero-order valence-corrected chi connectivity index (χ0v) is 12.9. The molecule has 1 heterocycles. The van der Waals surface area contributed by atoms with Crippen LogP contribution in [0.5, 0.6) is 0 Å². The van der Waals surface area contributed by atoms with Crippen molar-refractivity contribution in [1.82, 2.24) is 4.31 Å². The number of nitrogens with zero attached hydrogens (tertiary/aromatic N) is 1. The second-order valence-corrected chi connectivity index (χ2v) is 7.18. The van der Waals surface area contributed by atoms with Gasteiger partial charge in [-0.25, -0.2) is 8.42 Å². The van der Waals surface area contributed by atoms with Crippen molar-refractivity contribution in [3.05, 3.63) is 28.2 Å². The summed E-state index contributed by atoms with van der Waals surface area (Å²) in [6, 6.07) is 4.64. The number of ether oxygens (including phenoxy) is 1. The number of morpholine rings is 1. The first-order chi connectivity index (χ1) is 8.96. The van der Waals surface area contributed by atoms with E-state index in [4.69, 9.17) is 9.84 Å². The number of halogens is 1. The summed E-state index contributed by atoms with van der Waals surface area (Å²) in [5, 5.41) is 9.14. The van der Waals surface area contributed by atoms with E-state index >= 15 is 0 Å². The molecule has 19 heavy (non-hydrogen) atoms. The van der Waals surface area contributed by atoms with Crippen LogP contribution in [0.4, 0.5) is 0 Å². The smallest absolute Gasteiger partial charge is 0.244 e. The van der Waals surface area contributed by atoms with Gasteiger partial charge >= 0.3 is 0 Å². The van der Waals surface area contributed by atoms with Crippen LogP contribution in [0.15, 0.2) is 27.6 Å². The van der Waals surface area contributed by atoms with Gasteiger partial charge in [-0.3, -0.25) is 0 Å². The average Bonchev–Trinajstić information content (AvgIpc) is 2.39. The van der Waals surface area contributed by atoms with Gasteiger partial charge in [-0.2, -0.15) is 4.31 Å². The third-order valence-electron chi connectivity index (χ3n) is 3.07. The lowest BCUT2D eigenvalue weighted by Gasteiger charge is -2.32. The fourth-order valence-corrected chi connectivity index (χ4v) is 4.62. The Labute approximate surface area is 121 Å². The fourth-order valence-electron chi connectivity index (χ4n) is 2.04. The zero-order valence-electron chi connectivity index (χ0n) is 10.5. The largest absolute Gasteiger partial charge is 0.392 e. The van der Waals surface area contributed by atoms with E-state index in [1.165, 1.54) is 10.4 Å². The molecular formula is C12H16BrNO4S. The van der Waals surface area contributed by atoms with Gasteiger partial charge in [0.25, 0.3) is 0 Å². The lowest BCUT2D eigenvalue weighted by atomic mass is 10.2. The van der Waals surface area contributed by atoms with Crippen LogP contribution in [0.1, 0.15) is 12.5 Å². The van der Waals surface area contributed by atoms with Gasteiger partial charge in [-0.05, 0) is 40.5 Å². The van der Waals surface area contributed by atoms with E-state index in [0.29, 0.717) is 29.8 Å². The van der Waals surface area contributed by atoms with E-state index in [-0.39, 0.29) is 17.5 Å². The lowest BCUT2D eigenvalue weighted by molar-refractivity contribution is 0.0392. The van der Waals surface area contributed by atoms with Crippen molar-refractivity contribution in [2.45, 2.75) is 24.5 Å². The van der Waals surface area contributed by atoms with Crippen molar-refractivity contribution in [2.24, 2.45) is 0 Å². The van der Waals surface area contributed by atoms with E-state index in [1.807, 2.05) is 6.92 Å². The van der Waals surface area contributed by atoms with Gasteiger partial charge in [0.05, 0.1) is 24.7 Å². The summed E-state index contributed by atoms with van der Waals surface area (Å²) in [5.74, 6) is 0. The first-order valence-corrected chi connectivity index (χ1v) is 8.19. The van der Waals surface area contributed by atoms with E-state index in [1.54, 1.807) is 12.1 Å². The summed E-state index contributed by atoms with van der Waals surface area (Å²) in [4.78, 5) is 0.188. The number of sulfonamides is 1. The molecular weight excluding hydrogens is 334 g/mol. The molecule has 0 saturated carbocycles. The molecule has 7 heteroatoms. The highest BCUT2D eigenvalue weighted by Crippen LogP contribution is 2.28. The van der Waals surface area contributed by atoms with Crippen LogP contribution in [0, 0.1) is 0 Å². The zero-order chi connectivity index (χ0) is 14.0. The van der Waals surface area contributed by atoms with Gasteiger partial charge < -0.3 is 9.84 Å². The molecule has 0 radical (unpaired) electrons. The van der Waals surface area contributed by atoms with Crippen molar-refractivity contribution < 1.29 is 18.3 Å². The minimum absolute atomic E-state index is 0.186. The predicted octanol–water partition coefficient (Wildman–Crippen LogP) is 1.35. The molecule has 1 aliphatic rings. The number of aliphatic hydroxyl groups excluding tert-OH is 1. The number of benzene rings is 1. The van der Waals surface area contributed by atoms with Crippen molar-refractivity contribution in [1.29, 1.82) is 0 Å². The third kappa shape index (κ3) is 3.00. The Bertz CT molecular complexity index is 561. The number of hydrogen-bond donors (Lipinski definition) is 1. The van der Waals surface area contributed by atoms with Gasteiger partial charge in [0.15, 0.2) is 0 Å². The molecule has 1 N–H and O–H groups in total. The Morgan fingerprint density at radius 3 is 2.89 bits per heavy atom. The summed E-state index contributed by atoms with van der Waals surface area (Å²) in [5.41, 5.74) is 0.572. The minimum Gasteiger partial charge on any atom is -0.392 e. The molecule has 1 fully saturated rings. The molecule has 1 atom stereocenters. The second kappa shape index (κ2) is 5.88. The van der Waals surface area contributed by atoms with Crippen LogP contribution in [0.25, 0.3) is 0 Å². The fraction of sp³-hybridized carbons (Fsp3) is 0.500. The Hall–Kier alpha value is -0.470. The molecule has 2 rings (SSSR count). The summed E-state index contributed by atoms with van der Waals surface area (Å²) in [7, 11) is -3.58. The van der Waals surface area contributed by atoms with Crippen LogP contribution in [-0.4, -0.2) is 43.6 Å². The van der Waals surface area contributed by atoms with Gasteiger partial charge in [0.2, 0.25) is 10.0 Å². The highest BCUT2D eigenvalue weighted by atomic mass is 79.9. The molecule has 1 aromatic carbocycles. The molecule has 5 nitrogen and oxygen atoms in total. The molecule has 0 amide bonds. The first kappa shape index (κ1) is 14.9. The van der Waals surface area contributed by atoms with Gasteiger partial charge in [0.1, 0.15) is 0 Å². The molecule has 0 aliphatic carbocycles. The Morgan fingerprint density at radius 1 is 1.53 bits per heavy atom. The van der Waals surface area contributed by atoms with E-state index in [0.717, 1.165) is 0 Å². The topological polar surface area (TPSA) is 66.8 Å². The normalized spacial score (nSPS) is 21.5.